The number of allylic oxidation sites excluding steroid dienone is 2. The molecule has 2 unspecified atom stereocenters. The van der Waals surface area contributed by atoms with E-state index in [1.165, 1.54) is 22.3 Å². The van der Waals surface area contributed by atoms with Gasteiger partial charge in [0.15, 0.2) is 0 Å². The van der Waals surface area contributed by atoms with E-state index in [1.54, 1.807) is 11.1 Å². The average Bonchev–Trinajstić information content (AvgIpc) is 3.07. The summed E-state index contributed by atoms with van der Waals surface area (Å²) in [5.41, 5.74) is 8.91. The van der Waals surface area contributed by atoms with Crippen LogP contribution in [0.25, 0.3) is 12.2 Å². The Bertz CT molecular complexity index is 773. The summed E-state index contributed by atoms with van der Waals surface area (Å²) in [5.74, 6) is 0. The van der Waals surface area contributed by atoms with E-state index in [0.29, 0.717) is 9.18 Å². The molecule has 2 aliphatic carbocycles. The Hall–Kier alpha value is -0.885. The Morgan fingerprint density at radius 1 is 0.696 bits per heavy atom. The topological polar surface area (TPSA) is 0 Å². The molecule has 0 nitrogen and oxygen atoms in total. The molecule has 2 aromatic rings. The minimum atomic E-state index is 0.0802. The van der Waals surface area contributed by atoms with Gasteiger partial charge in [-0.05, 0) is 0 Å². The number of fused-ring (bicyclic) bond motifs is 2. The third-order valence-electron chi connectivity index (χ3n) is 5.92. The van der Waals surface area contributed by atoms with Gasteiger partial charge in [0.05, 0.1) is 0 Å². The van der Waals surface area contributed by atoms with Crippen molar-refractivity contribution in [1.82, 2.24) is 0 Å². The number of hydrogen-bond acceptors (Lipinski definition) is 0. The molecule has 0 aliphatic heterocycles. The molecular formula is C21H18Li2. The molecule has 0 bridgehead atoms. The van der Waals surface area contributed by atoms with Gasteiger partial charge in [-0.1, -0.05) is 0 Å². The second-order valence-corrected chi connectivity index (χ2v) is 7.53. The van der Waals surface area contributed by atoms with E-state index >= 15 is 0 Å². The normalized spacial score (nSPS) is 22.5. The molecule has 0 amide bonds. The maximum atomic E-state index is 2.43. The fraction of sp³-hybridized carbons (Fsp3) is 0.238. The molecule has 0 N–H and O–H groups in total. The third-order valence-corrected chi connectivity index (χ3v) is 5.92. The van der Waals surface area contributed by atoms with Gasteiger partial charge in [-0.15, -0.1) is 0 Å². The Labute approximate surface area is 157 Å². The van der Waals surface area contributed by atoms with E-state index < -0.39 is 0 Å². The molecule has 0 saturated carbocycles. The summed E-state index contributed by atoms with van der Waals surface area (Å²) in [5, 5.41) is 0. The molecule has 2 aromatic carbocycles. The molecule has 0 spiro atoms. The predicted octanol–water partition coefficient (Wildman–Crippen LogP) is 4.63. The summed E-state index contributed by atoms with van der Waals surface area (Å²) in [4.78, 5) is 0. The average molecular weight is 284 g/mol. The monoisotopic (exact) mass is 284 g/mol. The van der Waals surface area contributed by atoms with Crippen LogP contribution in [0.3, 0.4) is 0 Å². The number of rotatable bonds is 2. The van der Waals surface area contributed by atoms with E-state index in [1.807, 2.05) is 0 Å². The van der Waals surface area contributed by atoms with Gasteiger partial charge in [0, 0.05) is 0 Å². The van der Waals surface area contributed by atoms with Crippen LogP contribution < -0.4 is 0 Å². The van der Waals surface area contributed by atoms with Crippen LogP contribution in [0.15, 0.2) is 59.7 Å². The van der Waals surface area contributed by atoms with Crippen molar-refractivity contribution in [2.24, 2.45) is 5.41 Å². The SMILES string of the molecule is [Li][CH]1C(C(C)(C)C2=Cc3ccccc3[CH]2[Li])=Cc2ccccc21. The van der Waals surface area contributed by atoms with Crippen molar-refractivity contribution in [2.75, 3.05) is 0 Å². The fourth-order valence-corrected chi connectivity index (χ4v) is 4.60. The van der Waals surface area contributed by atoms with Gasteiger partial charge in [0.25, 0.3) is 0 Å². The molecule has 23 heavy (non-hydrogen) atoms. The first kappa shape index (κ1) is 15.6. The van der Waals surface area contributed by atoms with Gasteiger partial charge in [0.2, 0.25) is 0 Å². The van der Waals surface area contributed by atoms with Crippen molar-refractivity contribution in [2.45, 2.75) is 23.0 Å². The van der Waals surface area contributed by atoms with Gasteiger partial charge in [0.1, 0.15) is 0 Å². The summed E-state index contributed by atoms with van der Waals surface area (Å²) in [6, 6.07) is 17.7. The van der Waals surface area contributed by atoms with Crippen molar-refractivity contribution in [1.29, 1.82) is 0 Å². The Morgan fingerprint density at radius 3 is 1.48 bits per heavy atom. The van der Waals surface area contributed by atoms with Gasteiger partial charge < -0.3 is 0 Å². The molecule has 0 heterocycles. The van der Waals surface area contributed by atoms with Gasteiger partial charge >= 0.3 is 158 Å². The molecule has 0 saturated heterocycles. The van der Waals surface area contributed by atoms with Crippen LogP contribution in [0.4, 0.5) is 0 Å². The number of hydrogen-bond donors (Lipinski definition) is 0. The zero-order valence-electron chi connectivity index (χ0n) is 14.4. The molecular weight excluding hydrogens is 266 g/mol. The molecule has 0 fully saturated rings. The molecule has 2 atom stereocenters. The fourth-order valence-electron chi connectivity index (χ4n) is 4.60. The molecule has 104 valence electrons. The Morgan fingerprint density at radius 2 is 1.09 bits per heavy atom. The quantitative estimate of drug-likeness (QED) is 0.705. The first-order valence-electron chi connectivity index (χ1n) is 8.62. The Balaban J connectivity index is 1.76. The predicted molar refractivity (Wildman–Crippen MR) is 99.6 cm³/mol. The van der Waals surface area contributed by atoms with Gasteiger partial charge in [-0.3, -0.25) is 0 Å². The van der Waals surface area contributed by atoms with Gasteiger partial charge in [-0.2, -0.15) is 0 Å². The maximum absolute atomic E-state index is 2.43. The molecule has 0 aromatic heterocycles. The van der Waals surface area contributed by atoms with E-state index in [2.05, 4.69) is 110 Å². The first-order valence-corrected chi connectivity index (χ1v) is 8.62. The van der Waals surface area contributed by atoms with Crippen molar-refractivity contribution in [3.63, 3.8) is 0 Å². The first-order chi connectivity index (χ1) is 11.0. The second kappa shape index (κ2) is 5.58. The summed E-state index contributed by atoms with van der Waals surface area (Å²) in [7, 11) is 0. The minimum absolute atomic E-state index is 0.0802. The Kier molecular flexibility index (Phi) is 3.79. The third kappa shape index (κ3) is 2.36. The summed E-state index contributed by atoms with van der Waals surface area (Å²) in [6.07, 6.45) is 4.85. The summed E-state index contributed by atoms with van der Waals surface area (Å²) >= 11 is 4.71. The van der Waals surface area contributed by atoms with Crippen molar-refractivity contribution < 1.29 is 0 Å². The van der Waals surface area contributed by atoms with Crippen LogP contribution in [0.2, 0.25) is 0 Å². The molecule has 0 radical (unpaired) electrons. The zero-order chi connectivity index (χ0) is 16.2. The molecule has 4 rings (SSSR count). The van der Waals surface area contributed by atoms with E-state index in [-0.39, 0.29) is 5.41 Å². The second-order valence-electron chi connectivity index (χ2n) is 7.53. The van der Waals surface area contributed by atoms with E-state index in [0.717, 1.165) is 0 Å². The van der Waals surface area contributed by atoms with Crippen molar-refractivity contribution >= 4 is 47.6 Å². The molecule has 2 heteroatoms. The van der Waals surface area contributed by atoms with Crippen LogP contribution >= 0.6 is 0 Å². The number of benzene rings is 2. The van der Waals surface area contributed by atoms with Crippen LogP contribution in [-0.2, 0) is 0 Å². The standard InChI is InChI=1S/C21H18.2Li/c1-21(2,19-11-15-7-3-4-8-16(15)12-19)20-13-17-9-5-6-10-18(17)14-20;;/h3-14H,1-2H3;;. The van der Waals surface area contributed by atoms with Crippen LogP contribution in [0.1, 0.15) is 45.3 Å². The van der Waals surface area contributed by atoms with E-state index in [4.69, 9.17) is 0 Å². The van der Waals surface area contributed by atoms with Crippen LogP contribution in [-0.4, -0.2) is 35.4 Å². The van der Waals surface area contributed by atoms with Crippen LogP contribution in [0.5, 0.6) is 0 Å². The van der Waals surface area contributed by atoms with E-state index in [9.17, 15) is 0 Å². The van der Waals surface area contributed by atoms with Crippen molar-refractivity contribution in [3.8, 4) is 0 Å². The van der Waals surface area contributed by atoms with Crippen molar-refractivity contribution in [3.05, 3.63) is 81.9 Å². The zero-order valence-corrected chi connectivity index (χ0v) is 14.4. The summed E-state index contributed by atoms with van der Waals surface area (Å²) < 4.78 is 0.996. The van der Waals surface area contributed by atoms with Gasteiger partial charge in [-0.25, -0.2) is 0 Å². The molecule has 2 aliphatic rings. The van der Waals surface area contributed by atoms with Crippen LogP contribution in [0, 0.1) is 5.41 Å². The summed E-state index contributed by atoms with van der Waals surface area (Å²) in [6.45, 7) is 4.80.